The van der Waals surface area contributed by atoms with Gasteiger partial charge in [-0.15, -0.1) is 0 Å². The van der Waals surface area contributed by atoms with E-state index in [0.29, 0.717) is 11.1 Å². The van der Waals surface area contributed by atoms with Crippen molar-refractivity contribution in [2.24, 2.45) is 0 Å². The van der Waals surface area contributed by atoms with Crippen LogP contribution in [0.25, 0.3) is 0 Å². The smallest absolute Gasteiger partial charge is 0.341 e. The number of aromatic amines is 1. The lowest BCUT2D eigenvalue weighted by molar-refractivity contribution is -0.374. The SMILES string of the molecule is COC(=O)c1cc(C#N)c(N2CCCC2)[nH+]c1C. The summed E-state index contributed by atoms with van der Waals surface area (Å²) in [4.78, 5) is 16.9. The Labute approximate surface area is 106 Å². The number of nitrogens with zero attached hydrogens (tertiary/aromatic N) is 2. The van der Waals surface area contributed by atoms with Crippen LogP contribution in [0.5, 0.6) is 0 Å². The monoisotopic (exact) mass is 246 g/mol. The van der Waals surface area contributed by atoms with Gasteiger partial charge < -0.3 is 4.74 Å². The third-order valence-electron chi connectivity index (χ3n) is 3.20. The van der Waals surface area contributed by atoms with Gasteiger partial charge in [-0.25, -0.2) is 9.78 Å². The van der Waals surface area contributed by atoms with E-state index in [4.69, 9.17) is 4.74 Å². The molecule has 0 spiro atoms. The molecule has 5 heteroatoms. The summed E-state index contributed by atoms with van der Waals surface area (Å²) in [5.41, 5.74) is 1.63. The number of ether oxygens (including phenoxy) is 1. The van der Waals surface area contributed by atoms with Gasteiger partial charge in [-0.05, 0) is 25.8 Å². The van der Waals surface area contributed by atoms with Crippen LogP contribution in [0.2, 0.25) is 0 Å². The van der Waals surface area contributed by atoms with Gasteiger partial charge in [-0.3, -0.25) is 4.90 Å². The molecule has 0 aromatic carbocycles. The Kier molecular flexibility index (Phi) is 3.47. The van der Waals surface area contributed by atoms with E-state index in [2.05, 4.69) is 16.0 Å². The van der Waals surface area contributed by atoms with Crippen molar-refractivity contribution in [2.75, 3.05) is 25.1 Å². The molecule has 94 valence electrons. The van der Waals surface area contributed by atoms with Crippen LogP contribution in [-0.4, -0.2) is 26.2 Å². The van der Waals surface area contributed by atoms with Crippen molar-refractivity contribution in [3.05, 3.63) is 22.9 Å². The lowest BCUT2D eigenvalue weighted by Crippen LogP contribution is -2.30. The number of carbonyl (C=O) groups is 1. The number of hydrogen-bond acceptors (Lipinski definition) is 4. The van der Waals surface area contributed by atoms with Crippen molar-refractivity contribution in [3.63, 3.8) is 0 Å². The molecule has 18 heavy (non-hydrogen) atoms. The molecule has 1 aromatic heterocycles. The molecule has 1 aromatic rings. The summed E-state index contributed by atoms with van der Waals surface area (Å²) in [7, 11) is 1.34. The summed E-state index contributed by atoms with van der Waals surface area (Å²) in [5.74, 6) is 0.383. The first-order valence-electron chi connectivity index (χ1n) is 5.97. The number of esters is 1. The zero-order chi connectivity index (χ0) is 13.1. The van der Waals surface area contributed by atoms with Gasteiger partial charge in [0.2, 0.25) is 0 Å². The van der Waals surface area contributed by atoms with Gasteiger partial charge in [0, 0.05) is 0 Å². The maximum Gasteiger partial charge on any atom is 0.341 e. The van der Waals surface area contributed by atoms with Crippen LogP contribution < -0.4 is 9.88 Å². The highest BCUT2D eigenvalue weighted by molar-refractivity contribution is 5.90. The van der Waals surface area contributed by atoms with Gasteiger partial charge in [-0.1, -0.05) is 0 Å². The molecule has 0 unspecified atom stereocenters. The molecule has 1 aliphatic rings. The van der Waals surface area contributed by atoms with E-state index in [9.17, 15) is 10.1 Å². The Morgan fingerprint density at radius 2 is 2.17 bits per heavy atom. The highest BCUT2D eigenvalue weighted by atomic mass is 16.5. The summed E-state index contributed by atoms with van der Waals surface area (Å²) in [6, 6.07) is 3.74. The van der Waals surface area contributed by atoms with Gasteiger partial charge >= 0.3 is 5.97 Å². The minimum absolute atomic E-state index is 0.414. The van der Waals surface area contributed by atoms with Crippen molar-refractivity contribution in [1.29, 1.82) is 5.26 Å². The third kappa shape index (κ3) is 2.14. The Balaban J connectivity index is 2.46. The van der Waals surface area contributed by atoms with Crippen LogP contribution in [0.15, 0.2) is 6.07 Å². The van der Waals surface area contributed by atoms with E-state index in [1.54, 1.807) is 6.07 Å². The number of hydrogen-bond donors (Lipinski definition) is 0. The average Bonchev–Trinajstić information content (AvgIpc) is 2.91. The summed E-state index contributed by atoms with van der Waals surface area (Å²) in [6.45, 7) is 3.71. The van der Waals surface area contributed by atoms with E-state index in [1.807, 2.05) is 6.92 Å². The van der Waals surface area contributed by atoms with Crippen molar-refractivity contribution >= 4 is 11.8 Å². The van der Waals surface area contributed by atoms with Crippen LogP contribution in [0.1, 0.15) is 34.5 Å². The number of methoxy groups -OCH3 is 1. The lowest BCUT2D eigenvalue weighted by Gasteiger charge is -2.12. The van der Waals surface area contributed by atoms with Crippen LogP contribution >= 0.6 is 0 Å². The summed E-state index contributed by atoms with van der Waals surface area (Å²) in [5, 5.41) is 9.20. The number of nitrogens with one attached hydrogen (secondary N) is 1. The Morgan fingerprint density at radius 3 is 2.72 bits per heavy atom. The maximum atomic E-state index is 11.6. The predicted molar refractivity (Wildman–Crippen MR) is 65.2 cm³/mol. The van der Waals surface area contributed by atoms with E-state index in [0.717, 1.165) is 37.4 Å². The first-order chi connectivity index (χ1) is 8.67. The normalized spacial score (nSPS) is 14.4. The molecule has 0 amide bonds. The molecule has 0 radical (unpaired) electrons. The van der Waals surface area contributed by atoms with Crippen LogP contribution in [0.4, 0.5) is 5.82 Å². The number of anilines is 1. The van der Waals surface area contributed by atoms with Crippen molar-refractivity contribution in [3.8, 4) is 6.07 Å². The molecule has 0 saturated carbocycles. The predicted octanol–water partition coefficient (Wildman–Crippen LogP) is 1.07. The third-order valence-corrected chi connectivity index (χ3v) is 3.20. The van der Waals surface area contributed by atoms with Gasteiger partial charge in [0.25, 0.3) is 5.82 Å². The van der Waals surface area contributed by atoms with Crippen LogP contribution in [0, 0.1) is 18.3 Å². The number of aromatic nitrogens is 1. The molecule has 2 rings (SSSR count). The van der Waals surface area contributed by atoms with Crippen molar-refractivity contribution in [1.82, 2.24) is 0 Å². The number of rotatable bonds is 2. The minimum Gasteiger partial charge on any atom is -0.465 e. The van der Waals surface area contributed by atoms with Crippen molar-refractivity contribution in [2.45, 2.75) is 19.8 Å². The molecule has 0 aliphatic carbocycles. The average molecular weight is 246 g/mol. The Morgan fingerprint density at radius 1 is 1.50 bits per heavy atom. The molecule has 0 atom stereocenters. The zero-order valence-corrected chi connectivity index (χ0v) is 10.6. The molecular weight excluding hydrogens is 230 g/mol. The molecule has 1 N–H and O–H groups in total. The fourth-order valence-electron chi connectivity index (χ4n) is 2.23. The fourth-order valence-corrected chi connectivity index (χ4v) is 2.23. The van der Waals surface area contributed by atoms with Gasteiger partial charge in [0.1, 0.15) is 22.9 Å². The highest BCUT2D eigenvalue weighted by Gasteiger charge is 2.27. The maximum absolute atomic E-state index is 11.6. The van der Waals surface area contributed by atoms with Gasteiger partial charge in [0.15, 0.2) is 0 Å². The standard InChI is InChI=1S/C13H15N3O2/c1-9-11(13(17)18-2)7-10(8-14)12(15-9)16-5-3-4-6-16/h7H,3-6H2,1-2H3/p+1. The summed E-state index contributed by atoms with van der Waals surface area (Å²) < 4.78 is 4.70. The molecule has 2 heterocycles. The first kappa shape index (κ1) is 12.4. The molecule has 1 saturated heterocycles. The van der Waals surface area contributed by atoms with Gasteiger partial charge in [-0.2, -0.15) is 5.26 Å². The van der Waals surface area contributed by atoms with Crippen LogP contribution in [0.3, 0.4) is 0 Å². The quantitative estimate of drug-likeness (QED) is 0.732. The van der Waals surface area contributed by atoms with E-state index in [-0.39, 0.29) is 0 Å². The van der Waals surface area contributed by atoms with Crippen molar-refractivity contribution < 1.29 is 14.5 Å². The molecule has 5 nitrogen and oxygen atoms in total. The second-order valence-electron chi connectivity index (χ2n) is 4.37. The largest absolute Gasteiger partial charge is 0.465 e. The second-order valence-corrected chi connectivity index (χ2v) is 4.37. The number of aryl methyl sites for hydroxylation is 1. The minimum atomic E-state index is -0.423. The fraction of sp³-hybridized carbons (Fsp3) is 0.462. The highest BCUT2D eigenvalue weighted by Crippen LogP contribution is 2.21. The number of H-pyrrole nitrogens is 1. The Bertz CT molecular complexity index is 514. The molecule has 1 fully saturated rings. The zero-order valence-electron chi connectivity index (χ0n) is 10.6. The van der Waals surface area contributed by atoms with Crippen LogP contribution in [-0.2, 0) is 4.74 Å². The van der Waals surface area contributed by atoms with E-state index >= 15 is 0 Å². The number of carbonyl (C=O) groups excluding carboxylic acids is 1. The summed E-state index contributed by atoms with van der Waals surface area (Å²) in [6.07, 6.45) is 2.27. The first-order valence-corrected chi connectivity index (χ1v) is 5.97. The van der Waals surface area contributed by atoms with E-state index in [1.165, 1.54) is 7.11 Å². The molecule has 1 aliphatic heterocycles. The number of pyridine rings is 1. The topological polar surface area (TPSA) is 67.5 Å². The summed E-state index contributed by atoms with van der Waals surface area (Å²) >= 11 is 0. The molecule has 0 bridgehead atoms. The molecular formula is C13H16N3O2+. The Hall–Kier alpha value is -2.09. The van der Waals surface area contributed by atoms with E-state index < -0.39 is 5.97 Å². The lowest BCUT2D eigenvalue weighted by atomic mass is 10.1. The number of nitriles is 1. The second kappa shape index (κ2) is 5.05. The van der Waals surface area contributed by atoms with Gasteiger partial charge in [0.05, 0.1) is 20.2 Å².